The van der Waals surface area contributed by atoms with Gasteiger partial charge in [-0.1, -0.05) is 0 Å². The minimum Gasteiger partial charge on any atom is -0.381 e. The first-order valence-electron chi connectivity index (χ1n) is 8.89. The molecule has 21 heavy (non-hydrogen) atoms. The first kappa shape index (κ1) is 15.7. The predicted octanol–water partition coefficient (Wildman–Crippen LogP) is 2.18. The number of ether oxygens (including phenoxy) is 2. The summed E-state index contributed by atoms with van der Waals surface area (Å²) < 4.78 is 11.8. The molecular weight excluding hydrogens is 264 g/mol. The molecule has 4 heteroatoms. The van der Waals surface area contributed by atoms with E-state index in [0.29, 0.717) is 18.1 Å². The fraction of sp³-hybridized carbons (Fsp3) is 1.00. The molecule has 2 unspecified atom stereocenters. The van der Waals surface area contributed by atoms with Crippen LogP contribution in [0.2, 0.25) is 0 Å². The van der Waals surface area contributed by atoms with E-state index in [9.17, 15) is 0 Å². The highest BCUT2D eigenvalue weighted by Gasteiger charge is 2.41. The molecule has 0 saturated carbocycles. The van der Waals surface area contributed by atoms with Crippen molar-refractivity contribution in [3.8, 4) is 0 Å². The highest BCUT2D eigenvalue weighted by Crippen LogP contribution is 2.36. The van der Waals surface area contributed by atoms with E-state index in [4.69, 9.17) is 9.47 Å². The fourth-order valence-corrected chi connectivity index (χ4v) is 4.33. The van der Waals surface area contributed by atoms with Crippen LogP contribution in [-0.2, 0) is 9.47 Å². The van der Waals surface area contributed by atoms with Gasteiger partial charge in [0.2, 0.25) is 0 Å². The largest absolute Gasteiger partial charge is 0.381 e. The maximum Gasteiger partial charge on any atom is 0.0741 e. The number of nitrogens with zero attached hydrogens (tertiary/aromatic N) is 1. The van der Waals surface area contributed by atoms with Gasteiger partial charge in [-0.15, -0.1) is 0 Å². The fourth-order valence-electron chi connectivity index (χ4n) is 4.33. The van der Waals surface area contributed by atoms with E-state index in [1.807, 2.05) is 0 Å². The van der Waals surface area contributed by atoms with Crippen molar-refractivity contribution in [1.29, 1.82) is 0 Å². The second-order valence-electron chi connectivity index (χ2n) is 7.37. The standard InChI is InChI=1S/C17H32N2O2/c1-14(2)19(13-15-4-3-8-18-15)16-5-9-21-17(12-16)6-10-20-11-7-17/h14-16,18H,3-13H2,1-2H3. The third-order valence-electron chi connectivity index (χ3n) is 5.60. The van der Waals surface area contributed by atoms with Gasteiger partial charge >= 0.3 is 0 Å². The molecule has 3 heterocycles. The molecular formula is C17H32N2O2. The Bertz CT molecular complexity index is 317. The van der Waals surface area contributed by atoms with Gasteiger partial charge in [-0.05, 0) is 58.9 Å². The van der Waals surface area contributed by atoms with Crippen molar-refractivity contribution in [2.24, 2.45) is 0 Å². The molecule has 4 nitrogen and oxygen atoms in total. The molecule has 3 aliphatic rings. The van der Waals surface area contributed by atoms with Crippen LogP contribution in [0.25, 0.3) is 0 Å². The van der Waals surface area contributed by atoms with Gasteiger partial charge in [0.15, 0.2) is 0 Å². The first-order valence-corrected chi connectivity index (χ1v) is 8.89. The normalized spacial score (nSPS) is 33.1. The van der Waals surface area contributed by atoms with E-state index >= 15 is 0 Å². The van der Waals surface area contributed by atoms with E-state index in [-0.39, 0.29) is 5.60 Å². The maximum atomic E-state index is 6.21. The second-order valence-corrected chi connectivity index (χ2v) is 7.37. The van der Waals surface area contributed by atoms with Crippen LogP contribution in [-0.4, -0.2) is 61.5 Å². The highest BCUT2D eigenvalue weighted by molar-refractivity contribution is 4.94. The lowest BCUT2D eigenvalue weighted by Gasteiger charge is -2.48. The highest BCUT2D eigenvalue weighted by atomic mass is 16.5. The minimum atomic E-state index is 0.109. The predicted molar refractivity (Wildman–Crippen MR) is 84.6 cm³/mol. The Morgan fingerprint density at radius 2 is 2.00 bits per heavy atom. The summed E-state index contributed by atoms with van der Waals surface area (Å²) in [6.45, 7) is 9.77. The Kier molecular flexibility index (Phi) is 5.20. The average molecular weight is 296 g/mol. The molecule has 0 aromatic carbocycles. The van der Waals surface area contributed by atoms with Crippen LogP contribution in [0.5, 0.6) is 0 Å². The van der Waals surface area contributed by atoms with Gasteiger partial charge < -0.3 is 14.8 Å². The van der Waals surface area contributed by atoms with Crippen LogP contribution in [0.15, 0.2) is 0 Å². The Morgan fingerprint density at radius 1 is 1.19 bits per heavy atom. The van der Waals surface area contributed by atoms with Gasteiger partial charge in [-0.2, -0.15) is 0 Å². The topological polar surface area (TPSA) is 33.7 Å². The summed E-state index contributed by atoms with van der Waals surface area (Å²) in [4.78, 5) is 2.74. The minimum absolute atomic E-state index is 0.109. The summed E-state index contributed by atoms with van der Waals surface area (Å²) >= 11 is 0. The van der Waals surface area contributed by atoms with Gasteiger partial charge in [0.1, 0.15) is 0 Å². The molecule has 0 aromatic rings. The quantitative estimate of drug-likeness (QED) is 0.862. The SMILES string of the molecule is CC(C)N(CC1CCCN1)C1CCOC2(CCOCC2)C1. The van der Waals surface area contributed by atoms with Crippen molar-refractivity contribution in [2.75, 3.05) is 32.9 Å². The number of hydrogen-bond acceptors (Lipinski definition) is 4. The Hall–Kier alpha value is -0.160. The summed E-state index contributed by atoms with van der Waals surface area (Å²) in [7, 11) is 0. The third kappa shape index (κ3) is 3.79. The molecule has 1 spiro atoms. The summed E-state index contributed by atoms with van der Waals surface area (Å²) in [5.74, 6) is 0. The van der Waals surface area contributed by atoms with Gasteiger partial charge in [0, 0.05) is 44.5 Å². The summed E-state index contributed by atoms with van der Waals surface area (Å²) in [6, 6.07) is 1.99. The summed E-state index contributed by atoms with van der Waals surface area (Å²) in [5, 5.41) is 3.66. The van der Waals surface area contributed by atoms with E-state index in [2.05, 4.69) is 24.1 Å². The number of hydrogen-bond donors (Lipinski definition) is 1. The molecule has 3 fully saturated rings. The molecule has 0 bridgehead atoms. The van der Waals surface area contributed by atoms with Crippen molar-refractivity contribution < 1.29 is 9.47 Å². The van der Waals surface area contributed by atoms with Gasteiger partial charge in [0.05, 0.1) is 5.60 Å². The molecule has 3 saturated heterocycles. The van der Waals surface area contributed by atoms with Crippen molar-refractivity contribution in [3.05, 3.63) is 0 Å². The number of rotatable bonds is 4. The van der Waals surface area contributed by atoms with Crippen molar-refractivity contribution >= 4 is 0 Å². The molecule has 0 amide bonds. The zero-order chi connectivity index (χ0) is 14.7. The zero-order valence-corrected chi connectivity index (χ0v) is 13.8. The van der Waals surface area contributed by atoms with Crippen molar-refractivity contribution in [2.45, 2.75) is 76.1 Å². The van der Waals surface area contributed by atoms with Gasteiger partial charge in [-0.25, -0.2) is 0 Å². The smallest absolute Gasteiger partial charge is 0.0741 e. The van der Waals surface area contributed by atoms with Crippen LogP contribution in [0, 0.1) is 0 Å². The molecule has 2 atom stereocenters. The van der Waals surface area contributed by atoms with Gasteiger partial charge in [-0.3, -0.25) is 4.90 Å². The van der Waals surface area contributed by atoms with Crippen LogP contribution in [0.1, 0.15) is 52.4 Å². The van der Waals surface area contributed by atoms with Gasteiger partial charge in [0.25, 0.3) is 0 Å². The van der Waals surface area contributed by atoms with Crippen LogP contribution in [0.3, 0.4) is 0 Å². The monoisotopic (exact) mass is 296 g/mol. The molecule has 0 radical (unpaired) electrons. The maximum absolute atomic E-state index is 6.21. The summed E-state index contributed by atoms with van der Waals surface area (Å²) in [6.07, 6.45) is 7.22. The lowest BCUT2D eigenvalue weighted by Crippen LogP contribution is -2.54. The Labute approximate surface area is 129 Å². The average Bonchev–Trinajstić information content (AvgIpc) is 2.98. The van der Waals surface area contributed by atoms with E-state index in [1.165, 1.54) is 38.8 Å². The number of nitrogens with one attached hydrogen (secondary N) is 1. The molecule has 0 aromatic heterocycles. The third-order valence-corrected chi connectivity index (χ3v) is 5.60. The summed E-state index contributed by atoms with van der Waals surface area (Å²) in [5.41, 5.74) is 0.109. The van der Waals surface area contributed by atoms with E-state index in [1.54, 1.807) is 0 Å². The van der Waals surface area contributed by atoms with Crippen LogP contribution < -0.4 is 5.32 Å². The second kappa shape index (κ2) is 6.95. The molecule has 3 rings (SSSR count). The zero-order valence-electron chi connectivity index (χ0n) is 13.8. The molecule has 3 aliphatic heterocycles. The Balaban J connectivity index is 1.63. The van der Waals surface area contributed by atoms with Crippen molar-refractivity contribution in [3.63, 3.8) is 0 Å². The van der Waals surface area contributed by atoms with E-state index in [0.717, 1.165) is 32.7 Å². The molecule has 1 N–H and O–H groups in total. The molecule has 122 valence electrons. The van der Waals surface area contributed by atoms with Crippen LogP contribution >= 0.6 is 0 Å². The van der Waals surface area contributed by atoms with E-state index < -0.39 is 0 Å². The lowest BCUT2D eigenvalue weighted by molar-refractivity contribution is -0.153. The lowest BCUT2D eigenvalue weighted by atomic mass is 9.83. The Morgan fingerprint density at radius 3 is 2.67 bits per heavy atom. The molecule has 0 aliphatic carbocycles. The first-order chi connectivity index (χ1) is 10.2. The van der Waals surface area contributed by atoms with Crippen molar-refractivity contribution in [1.82, 2.24) is 10.2 Å². The van der Waals surface area contributed by atoms with Crippen LogP contribution in [0.4, 0.5) is 0 Å².